The molecule has 27 heavy (non-hydrogen) atoms. The van der Waals surface area contributed by atoms with Crippen molar-refractivity contribution in [1.82, 2.24) is 4.57 Å². The Morgan fingerprint density at radius 1 is 1.19 bits per heavy atom. The molecule has 0 aliphatic carbocycles. The number of rotatable bonds is 4. The number of carbonyl (C=O) groups excluding carboxylic acids is 1. The Bertz CT molecular complexity index is 1210. The maximum atomic E-state index is 12.6. The van der Waals surface area contributed by atoms with E-state index in [-0.39, 0.29) is 4.90 Å². The van der Waals surface area contributed by atoms with Crippen LogP contribution in [0.15, 0.2) is 58.4 Å². The minimum absolute atomic E-state index is 0.193. The maximum absolute atomic E-state index is 12.6. The lowest BCUT2D eigenvalue weighted by molar-refractivity contribution is 0.0998. The molecule has 0 bridgehead atoms. The molecule has 0 atom stereocenters. The lowest BCUT2D eigenvalue weighted by Gasteiger charge is -2.07. The van der Waals surface area contributed by atoms with E-state index in [0.717, 1.165) is 10.2 Å². The fourth-order valence-corrected chi connectivity index (χ4v) is 4.65. The van der Waals surface area contributed by atoms with Crippen molar-refractivity contribution in [2.75, 3.05) is 0 Å². The lowest BCUT2D eigenvalue weighted by Crippen LogP contribution is -2.16. The summed E-state index contributed by atoms with van der Waals surface area (Å²) in [6.45, 7) is 3.55. The largest absolute Gasteiger partial charge is 0.305 e. The summed E-state index contributed by atoms with van der Waals surface area (Å²) in [5.41, 5.74) is 1.24. The Hall–Kier alpha value is -2.69. The standard InChI is InChI=1S/C20H18N2O3S2/c1-4-13-22-17-7-5-6-8-18(17)26-20(22)21-19(23)15-9-11-16(12-10-15)27(24,25)14(2)3/h1,5-12,14H,13H2,2-3H3. The normalized spacial score (nSPS) is 12.4. The predicted molar refractivity (Wildman–Crippen MR) is 107 cm³/mol. The van der Waals surface area contributed by atoms with Gasteiger partial charge in [-0.3, -0.25) is 4.79 Å². The molecule has 0 unspecified atom stereocenters. The fraction of sp³-hybridized carbons (Fsp3) is 0.200. The molecule has 138 valence electrons. The molecule has 0 saturated heterocycles. The van der Waals surface area contributed by atoms with Gasteiger partial charge < -0.3 is 4.57 Å². The van der Waals surface area contributed by atoms with Gasteiger partial charge in [0.1, 0.15) is 0 Å². The highest BCUT2D eigenvalue weighted by atomic mass is 32.2. The van der Waals surface area contributed by atoms with E-state index in [0.29, 0.717) is 16.9 Å². The van der Waals surface area contributed by atoms with E-state index in [2.05, 4.69) is 10.9 Å². The Labute approximate surface area is 161 Å². The quantitative estimate of drug-likeness (QED) is 0.634. The SMILES string of the molecule is C#CCn1c(=NC(=O)c2ccc(S(=O)(=O)C(C)C)cc2)sc2ccccc21. The van der Waals surface area contributed by atoms with E-state index in [1.807, 2.05) is 28.8 Å². The molecule has 3 rings (SSSR count). The first-order chi connectivity index (χ1) is 12.8. The Morgan fingerprint density at radius 2 is 1.85 bits per heavy atom. The fourth-order valence-electron chi connectivity index (χ4n) is 2.56. The van der Waals surface area contributed by atoms with Crippen LogP contribution in [0.2, 0.25) is 0 Å². The average molecular weight is 399 g/mol. The van der Waals surface area contributed by atoms with Gasteiger partial charge in [-0.2, -0.15) is 4.99 Å². The van der Waals surface area contributed by atoms with Crippen LogP contribution in [0, 0.1) is 12.3 Å². The van der Waals surface area contributed by atoms with Crippen molar-refractivity contribution >= 4 is 37.3 Å². The lowest BCUT2D eigenvalue weighted by atomic mass is 10.2. The van der Waals surface area contributed by atoms with Gasteiger partial charge in [0, 0.05) is 5.56 Å². The second-order valence-electron chi connectivity index (χ2n) is 6.18. The number of amides is 1. The first-order valence-electron chi connectivity index (χ1n) is 8.29. The molecule has 1 aromatic heterocycles. The zero-order valence-electron chi connectivity index (χ0n) is 14.9. The maximum Gasteiger partial charge on any atom is 0.279 e. The van der Waals surface area contributed by atoms with Gasteiger partial charge in [-0.15, -0.1) is 6.42 Å². The summed E-state index contributed by atoms with van der Waals surface area (Å²) in [6.07, 6.45) is 5.45. The van der Waals surface area contributed by atoms with E-state index in [9.17, 15) is 13.2 Å². The van der Waals surface area contributed by atoms with E-state index >= 15 is 0 Å². The molecule has 0 spiro atoms. The second-order valence-corrected chi connectivity index (χ2v) is 9.69. The van der Waals surface area contributed by atoms with E-state index in [4.69, 9.17) is 6.42 Å². The van der Waals surface area contributed by atoms with Crippen LogP contribution in [0.3, 0.4) is 0 Å². The second kappa shape index (κ2) is 7.51. The number of nitrogens with zero attached hydrogens (tertiary/aromatic N) is 2. The van der Waals surface area contributed by atoms with Crippen molar-refractivity contribution < 1.29 is 13.2 Å². The van der Waals surface area contributed by atoms with Crippen molar-refractivity contribution in [2.24, 2.45) is 4.99 Å². The van der Waals surface area contributed by atoms with Crippen LogP contribution in [-0.4, -0.2) is 24.1 Å². The summed E-state index contributed by atoms with van der Waals surface area (Å²) >= 11 is 1.38. The number of para-hydroxylation sites is 1. The van der Waals surface area contributed by atoms with Crippen molar-refractivity contribution in [2.45, 2.75) is 30.5 Å². The third kappa shape index (κ3) is 3.72. The summed E-state index contributed by atoms with van der Waals surface area (Å²) in [6, 6.07) is 13.6. The number of carbonyl (C=O) groups is 1. The van der Waals surface area contributed by atoms with E-state index < -0.39 is 21.0 Å². The summed E-state index contributed by atoms with van der Waals surface area (Å²) in [5.74, 6) is 2.14. The van der Waals surface area contributed by atoms with E-state index in [1.54, 1.807) is 13.8 Å². The highest BCUT2D eigenvalue weighted by molar-refractivity contribution is 7.92. The minimum Gasteiger partial charge on any atom is -0.305 e. The third-order valence-electron chi connectivity index (χ3n) is 4.09. The van der Waals surface area contributed by atoms with Gasteiger partial charge in [-0.25, -0.2) is 8.42 Å². The molecule has 3 aromatic rings. The van der Waals surface area contributed by atoms with Gasteiger partial charge in [0.2, 0.25) is 0 Å². The van der Waals surface area contributed by atoms with Crippen molar-refractivity contribution in [3.05, 3.63) is 58.9 Å². The molecule has 0 radical (unpaired) electrons. The molecule has 0 aliphatic heterocycles. The van der Waals surface area contributed by atoms with Gasteiger partial charge in [-0.1, -0.05) is 29.4 Å². The molecule has 2 aromatic carbocycles. The molecule has 0 fully saturated rings. The molecular formula is C20H18N2O3S2. The van der Waals surface area contributed by atoms with Crippen LogP contribution in [0.25, 0.3) is 10.2 Å². The summed E-state index contributed by atoms with van der Waals surface area (Å²) in [7, 11) is -3.38. The van der Waals surface area contributed by atoms with Crippen LogP contribution in [0.1, 0.15) is 24.2 Å². The van der Waals surface area contributed by atoms with Gasteiger partial charge in [0.15, 0.2) is 14.6 Å². The molecular weight excluding hydrogens is 380 g/mol. The molecule has 1 amide bonds. The first-order valence-corrected chi connectivity index (χ1v) is 10.7. The zero-order chi connectivity index (χ0) is 19.6. The summed E-state index contributed by atoms with van der Waals surface area (Å²) in [4.78, 5) is 17.5. The third-order valence-corrected chi connectivity index (χ3v) is 7.32. The number of thiazole rings is 1. The average Bonchev–Trinajstić information content (AvgIpc) is 2.99. The molecule has 0 saturated carbocycles. The van der Waals surface area contributed by atoms with Crippen molar-refractivity contribution in [3.8, 4) is 12.3 Å². The smallest absolute Gasteiger partial charge is 0.279 e. The highest BCUT2D eigenvalue weighted by Gasteiger charge is 2.19. The monoisotopic (exact) mass is 398 g/mol. The number of aromatic nitrogens is 1. The summed E-state index contributed by atoms with van der Waals surface area (Å²) in [5, 5.41) is -0.523. The Kier molecular flexibility index (Phi) is 5.31. The van der Waals surface area contributed by atoms with Crippen LogP contribution in [0.5, 0.6) is 0 Å². The molecule has 1 heterocycles. The van der Waals surface area contributed by atoms with Gasteiger partial charge in [-0.05, 0) is 50.2 Å². The number of benzene rings is 2. The number of fused-ring (bicyclic) bond motifs is 1. The topological polar surface area (TPSA) is 68.5 Å². The first kappa shape index (κ1) is 19.1. The van der Waals surface area contributed by atoms with E-state index in [1.165, 1.54) is 35.6 Å². The Balaban J connectivity index is 2.02. The summed E-state index contributed by atoms with van der Waals surface area (Å²) < 4.78 is 27.2. The van der Waals surface area contributed by atoms with Crippen LogP contribution < -0.4 is 4.80 Å². The molecule has 0 N–H and O–H groups in total. The molecule has 7 heteroatoms. The number of sulfone groups is 1. The van der Waals surface area contributed by atoms with Crippen LogP contribution in [-0.2, 0) is 16.4 Å². The highest BCUT2D eigenvalue weighted by Crippen LogP contribution is 2.18. The number of terminal acetylenes is 1. The predicted octanol–water partition coefficient (Wildman–Crippen LogP) is 3.26. The zero-order valence-corrected chi connectivity index (χ0v) is 16.5. The number of hydrogen-bond donors (Lipinski definition) is 0. The molecule has 0 aliphatic rings. The van der Waals surface area contributed by atoms with Gasteiger partial charge >= 0.3 is 0 Å². The van der Waals surface area contributed by atoms with Crippen molar-refractivity contribution in [1.29, 1.82) is 0 Å². The van der Waals surface area contributed by atoms with Crippen molar-refractivity contribution in [3.63, 3.8) is 0 Å². The Morgan fingerprint density at radius 3 is 2.48 bits per heavy atom. The minimum atomic E-state index is -3.38. The van der Waals surface area contributed by atoms with Gasteiger partial charge in [0.05, 0.1) is 26.9 Å². The molecule has 5 nitrogen and oxygen atoms in total. The van der Waals surface area contributed by atoms with Gasteiger partial charge in [0.25, 0.3) is 5.91 Å². The van der Waals surface area contributed by atoms with Crippen LogP contribution >= 0.6 is 11.3 Å². The number of hydrogen-bond acceptors (Lipinski definition) is 4. The van der Waals surface area contributed by atoms with Crippen LogP contribution in [0.4, 0.5) is 0 Å².